The van der Waals surface area contributed by atoms with Gasteiger partial charge in [-0.3, -0.25) is 14.4 Å². The van der Waals surface area contributed by atoms with Crippen molar-refractivity contribution in [1.29, 1.82) is 0 Å². The SMILES string of the molecule is NC(=O)C1=C(O)[C@@]23OC2=C2C(=O)c4c(O)cccc4CC2C[C@H]3CC1=O. The molecule has 3 aliphatic carbocycles. The molecule has 0 aromatic heterocycles. The summed E-state index contributed by atoms with van der Waals surface area (Å²) in [6, 6.07) is 4.95. The first kappa shape index (κ1) is 15.2. The molecule has 1 fully saturated rings. The standard InChI is InChI=1S/C19H15NO6/c20-18(25)14-11(22)6-9-5-8-4-7-2-1-3-10(21)12(7)15(23)13(8)17-19(9,26-17)16(14)24/h1-3,8-9,21,24H,4-6H2,(H2,20,25)/t8?,9-,19+/m0/s1. The predicted octanol–water partition coefficient (Wildman–Crippen LogP) is 1.06. The molecule has 1 unspecified atom stereocenters. The Morgan fingerprint density at radius 2 is 2.00 bits per heavy atom. The summed E-state index contributed by atoms with van der Waals surface area (Å²) in [5.74, 6) is -2.58. The lowest BCUT2D eigenvalue weighted by atomic mass is 9.64. The maximum absolute atomic E-state index is 13.0. The minimum absolute atomic E-state index is 0.0384. The number of carbonyl (C=O) groups excluding carboxylic acids is 3. The van der Waals surface area contributed by atoms with E-state index in [1.807, 2.05) is 0 Å². The summed E-state index contributed by atoms with van der Waals surface area (Å²) in [4.78, 5) is 36.8. The Morgan fingerprint density at radius 3 is 2.73 bits per heavy atom. The number of primary amides is 1. The number of ketones is 2. The van der Waals surface area contributed by atoms with Crippen LogP contribution in [0.25, 0.3) is 0 Å². The molecule has 1 aliphatic heterocycles. The number of aliphatic hydroxyl groups excluding tert-OH is 1. The highest BCUT2D eigenvalue weighted by Crippen LogP contribution is 2.64. The minimum Gasteiger partial charge on any atom is -0.507 e. The van der Waals surface area contributed by atoms with Gasteiger partial charge in [-0.25, -0.2) is 0 Å². The Kier molecular flexibility index (Phi) is 2.65. The van der Waals surface area contributed by atoms with Gasteiger partial charge in [0.25, 0.3) is 5.91 Å². The number of phenolic OH excluding ortho intramolecular Hbond substituents is 1. The van der Waals surface area contributed by atoms with E-state index in [0.29, 0.717) is 24.2 Å². The second kappa shape index (κ2) is 4.55. The first-order chi connectivity index (χ1) is 12.4. The fourth-order valence-corrected chi connectivity index (χ4v) is 4.84. The van der Waals surface area contributed by atoms with Crippen LogP contribution in [-0.2, 0) is 20.7 Å². The number of nitrogens with two attached hydrogens (primary N) is 1. The van der Waals surface area contributed by atoms with Crippen LogP contribution >= 0.6 is 0 Å². The summed E-state index contributed by atoms with van der Waals surface area (Å²) < 4.78 is 5.71. The van der Waals surface area contributed by atoms with Crippen molar-refractivity contribution in [3.63, 3.8) is 0 Å². The zero-order valence-corrected chi connectivity index (χ0v) is 13.6. The van der Waals surface area contributed by atoms with Crippen molar-refractivity contribution in [2.24, 2.45) is 17.6 Å². The monoisotopic (exact) mass is 353 g/mol. The van der Waals surface area contributed by atoms with Crippen LogP contribution in [0, 0.1) is 11.8 Å². The van der Waals surface area contributed by atoms with Gasteiger partial charge in [-0.1, -0.05) is 12.1 Å². The third-order valence-corrected chi connectivity index (χ3v) is 5.97. The molecule has 1 aromatic rings. The molecular formula is C19H15NO6. The Hall–Kier alpha value is -3.09. The van der Waals surface area contributed by atoms with Crippen LogP contribution in [0.15, 0.2) is 40.9 Å². The first-order valence-corrected chi connectivity index (χ1v) is 8.42. The number of phenols is 1. The lowest BCUT2D eigenvalue weighted by Crippen LogP contribution is -2.43. The Labute approximate surface area is 147 Å². The number of epoxide rings is 1. The van der Waals surface area contributed by atoms with Gasteiger partial charge in [-0.2, -0.15) is 0 Å². The smallest absolute Gasteiger partial charge is 0.255 e. The number of hydrogen-bond acceptors (Lipinski definition) is 6. The summed E-state index contributed by atoms with van der Waals surface area (Å²) in [5, 5.41) is 20.7. The van der Waals surface area contributed by atoms with E-state index in [1.165, 1.54) is 6.07 Å². The predicted molar refractivity (Wildman–Crippen MR) is 87.1 cm³/mol. The van der Waals surface area contributed by atoms with Gasteiger partial charge in [0.05, 0.1) is 5.56 Å². The van der Waals surface area contributed by atoms with E-state index < -0.39 is 28.6 Å². The molecular weight excluding hydrogens is 338 g/mol. The maximum Gasteiger partial charge on any atom is 0.255 e. The normalized spacial score (nSPS) is 31.5. The third-order valence-electron chi connectivity index (χ3n) is 5.97. The second-order valence-corrected chi connectivity index (χ2v) is 7.27. The number of aliphatic hydroxyl groups is 1. The zero-order chi connectivity index (χ0) is 18.4. The van der Waals surface area contributed by atoms with Crippen LogP contribution in [0.4, 0.5) is 0 Å². The van der Waals surface area contributed by atoms with Crippen molar-refractivity contribution in [2.45, 2.75) is 24.9 Å². The molecule has 0 radical (unpaired) electrons. The van der Waals surface area contributed by atoms with Gasteiger partial charge in [0.2, 0.25) is 5.60 Å². The molecule has 7 heteroatoms. The summed E-state index contributed by atoms with van der Waals surface area (Å²) in [6.07, 6.45) is 1.06. The van der Waals surface area contributed by atoms with Crippen molar-refractivity contribution in [3.05, 3.63) is 52.0 Å². The number of allylic oxidation sites excluding steroid dienone is 1. The highest BCUT2D eigenvalue weighted by molar-refractivity contribution is 6.20. The van der Waals surface area contributed by atoms with E-state index in [2.05, 4.69) is 0 Å². The van der Waals surface area contributed by atoms with Crippen LogP contribution in [0.5, 0.6) is 5.75 Å². The highest BCUT2D eigenvalue weighted by atomic mass is 16.6. The maximum atomic E-state index is 13.0. The van der Waals surface area contributed by atoms with Crippen LogP contribution in [0.2, 0.25) is 0 Å². The van der Waals surface area contributed by atoms with Gasteiger partial charge in [-0.15, -0.1) is 0 Å². The number of hydrogen-bond donors (Lipinski definition) is 3. The summed E-state index contributed by atoms with van der Waals surface area (Å²) >= 11 is 0. The van der Waals surface area contributed by atoms with E-state index in [0.717, 1.165) is 5.56 Å². The van der Waals surface area contributed by atoms with E-state index in [9.17, 15) is 24.6 Å². The summed E-state index contributed by atoms with van der Waals surface area (Å²) in [5.41, 5.74) is 4.94. The number of aromatic hydroxyl groups is 1. The average Bonchev–Trinajstić information content (AvgIpc) is 3.30. The van der Waals surface area contributed by atoms with Gasteiger partial charge in [0.1, 0.15) is 11.3 Å². The zero-order valence-electron chi connectivity index (χ0n) is 13.6. The molecule has 5 rings (SSSR count). The summed E-state index contributed by atoms with van der Waals surface area (Å²) in [6.45, 7) is 0. The quantitative estimate of drug-likeness (QED) is 0.511. The highest BCUT2D eigenvalue weighted by Gasteiger charge is 2.70. The van der Waals surface area contributed by atoms with Crippen molar-refractivity contribution in [3.8, 4) is 5.75 Å². The van der Waals surface area contributed by atoms with E-state index in [1.54, 1.807) is 12.1 Å². The van der Waals surface area contributed by atoms with E-state index in [4.69, 9.17) is 10.5 Å². The number of carbonyl (C=O) groups is 3. The minimum atomic E-state index is -1.29. The molecule has 1 heterocycles. The van der Waals surface area contributed by atoms with E-state index >= 15 is 0 Å². The number of amides is 1. The molecule has 1 aromatic carbocycles. The van der Waals surface area contributed by atoms with Crippen molar-refractivity contribution >= 4 is 17.5 Å². The molecule has 0 saturated carbocycles. The van der Waals surface area contributed by atoms with Crippen molar-refractivity contribution < 1.29 is 29.3 Å². The lowest BCUT2D eigenvalue weighted by molar-refractivity contribution is -0.123. The van der Waals surface area contributed by atoms with Gasteiger partial charge < -0.3 is 20.7 Å². The van der Waals surface area contributed by atoms with Crippen LogP contribution < -0.4 is 5.73 Å². The van der Waals surface area contributed by atoms with Crippen LogP contribution in [0.1, 0.15) is 28.8 Å². The lowest BCUT2D eigenvalue weighted by Gasteiger charge is -2.35. The average molecular weight is 353 g/mol. The van der Waals surface area contributed by atoms with Crippen LogP contribution in [0.3, 0.4) is 0 Å². The molecule has 3 atom stereocenters. The molecule has 4 N–H and O–H groups in total. The molecule has 132 valence electrons. The van der Waals surface area contributed by atoms with E-state index in [-0.39, 0.29) is 35.4 Å². The molecule has 1 spiro atoms. The fourth-order valence-electron chi connectivity index (χ4n) is 4.84. The number of rotatable bonds is 1. The van der Waals surface area contributed by atoms with Gasteiger partial charge in [0, 0.05) is 17.9 Å². The van der Waals surface area contributed by atoms with Gasteiger partial charge >= 0.3 is 0 Å². The second-order valence-electron chi connectivity index (χ2n) is 7.27. The number of ether oxygens (including phenoxy) is 1. The van der Waals surface area contributed by atoms with Crippen LogP contribution in [-0.4, -0.2) is 33.3 Å². The molecule has 7 nitrogen and oxygen atoms in total. The fraction of sp³-hybridized carbons (Fsp3) is 0.316. The molecule has 4 aliphatic rings. The van der Waals surface area contributed by atoms with Gasteiger partial charge in [0.15, 0.2) is 23.1 Å². The van der Waals surface area contributed by atoms with Crippen molar-refractivity contribution in [1.82, 2.24) is 0 Å². The van der Waals surface area contributed by atoms with Gasteiger partial charge in [-0.05, 0) is 30.4 Å². The molecule has 26 heavy (non-hydrogen) atoms. The Morgan fingerprint density at radius 1 is 1.23 bits per heavy atom. The first-order valence-electron chi connectivity index (χ1n) is 8.42. The largest absolute Gasteiger partial charge is 0.507 e. The topological polar surface area (TPSA) is 130 Å². The Bertz CT molecular complexity index is 1000. The number of Topliss-reactive ketones (excluding diaryl/α,β-unsaturated/α-hetero) is 2. The summed E-state index contributed by atoms with van der Waals surface area (Å²) in [7, 11) is 0. The Balaban J connectivity index is 1.71. The molecule has 1 saturated heterocycles. The number of benzene rings is 1. The van der Waals surface area contributed by atoms with Crippen molar-refractivity contribution in [2.75, 3.05) is 0 Å². The number of fused-ring (bicyclic) bond motifs is 2. The molecule has 1 amide bonds. The third kappa shape index (κ3) is 1.60. The molecule has 0 bridgehead atoms.